The summed E-state index contributed by atoms with van der Waals surface area (Å²) in [5.41, 5.74) is 6.63. The van der Waals surface area contributed by atoms with E-state index < -0.39 is 0 Å². The van der Waals surface area contributed by atoms with Crippen LogP contribution in [0.1, 0.15) is 0 Å². The van der Waals surface area contributed by atoms with Gasteiger partial charge in [-0.2, -0.15) is 0 Å². The number of aromatic amines is 1. The lowest BCUT2D eigenvalue weighted by molar-refractivity contribution is 1.25. The third-order valence-electron chi connectivity index (χ3n) is 2.25. The first-order valence-electron chi connectivity index (χ1n) is 4.62. The molecule has 1 aromatic heterocycles. The monoisotopic (exact) mass is 288 g/mol. The summed E-state index contributed by atoms with van der Waals surface area (Å²) < 4.78 is 0. The first-order chi connectivity index (χ1) is 7.99. The van der Waals surface area contributed by atoms with E-state index in [1.54, 1.807) is 12.1 Å². The highest BCUT2D eigenvalue weighted by Gasteiger charge is 2.09. The van der Waals surface area contributed by atoms with E-state index in [1.807, 2.05) is 0 Å². The number of hydrogen-bond donors (Lipinski definition) is 2. The molecule has 0 spiro atoms. The number of hydrogen-bond acceptors (Lipinski definition) is 2. The zero-order chi connectivity index (χ0) is 12.6. The van der Waals surface area contributed by atoms with Gasteiger partial charge in [-0.25, -0.2) is 0 Å². The van der Waals surface area contributed by atoms with Crippen LogP contribution in [0.3, 0.4) is 0 Å². The molecule has 0 saturated heterocycles. The van der Waals surface area contributed by atoms with E-state index in [-0.39, 0.29) is 11.2 Å². The fourth-order valence-electron chi connectivity index (χ4n) is 1.40. The zero-order valence-corrected chi connectivity index (χ0v) is 10.7. The molecular formula is C11H7Cl3N2O. The van der Waals surface area contributed by atoms with Gasteiger partial charge in [-0.05, 0) is 18.2 Å². The Balaban J connectivity index is 2.64. The number of nitrogen functional groups attached to an aromatic ring is 1. The van der Waals surface area contributed by atoms with Crippen molar-refractivity contribution in [1.82, 2.24) is 4.98 Å². The maximum absolute atomic E-state index is 11.1. The van der Waals surface area contributed by atoms with Crippen LogP contribution in [0.15, 0.2) is 29.2 Å². The Hall–Kier alpha value is -1.16. The molecule has 17 heavy (non-hydrogen) atoms. The van der Waals surface area contributed by atoms with E-state index >= 15 is 0 Å². The van der Waals surface area contributed by atoms with Gasteiger partial charge in [0.15, 0.2) is 0 Å². The van der Waals surface area contributed by atoms with Gasteiger partial charge in [0.05, 0.1) is 20.8 Å². The summed E-state index contributed by atoms with van der Waals surface area (Å²) in [6, 6.07) is 4.70. The Labute approximate surface area is 112 Å². The summed E-state index contributed by atoms with van der Waals surface area (Å²) in [5.74, 6) is 0. The lowest BCUT2D eigenvalue weighted by atomic mass is 10.1. The molecule has 1 aromatic carbocycles. The van der Waals surface area contributed by atoms with Gasteiger partial charge in [0.1, 0.15) is 0 Å². The van der Waals surface area contributed by atoms with Crippen molar-refractivity contribution in [2.75, 3.05) is 5.73 Å². The van der Waals surface area contributed by atoms with Gasteiger partial charge in [0.2, 0.25) is 0 Å². The second-order valence-electron chi connectivity index (χ2n) is 3.42. The van der Waals surface area contributed by atoms with E-state index in [2.05, 4.69) is 4.98 Å². The van der Waals surface area contributed by atoms with Crippen molar-refractivity contribution in [3.8, 4) is 11.1 Å². The SMILES string of the molecule is Nc1cc(-c2cc(Cl)c(Cl)cc2Cl)c[nH]c1=O. The molecule has 0 aliphatic carbocycles. The summed E-state index contributed by atoms with van der Waals surface area (Å²) in [4.78, 5) is 13.7. The van der Waals surface area contributed by atoms with Crippen LogP contribution in [-0.4, -0.2) is 4.98 Å². The molecule has 3 N–H and O–H groups in total. The lowest BCUT2D eigenvalue weighted by Crippen LogP contribution is -2.10. The molecule has 0 saturated carbocycles. The summed E-state index contributed by atoms with van der Waals surface area (Å²) in [6.45, 7) is 0. The van der Waals surface area contributed by atoms with Crippen LogP contribution in [0.25, 0.3) is 11.1 Å². The first kappa shape index (κ1) is 12.3. The summed E-state index contributed by atoms with van der Waals surface area (Å²) in [5, 5.41) is 1.19. The number of H-pyrrole nitrogens is 1. The van der Waals surface area contributed by atoms with Crippen LogP contribution in [0.2, 0.25) is 15.1 Å². The highest BCUT2D eigenvalue weighted by molar-refractivity contribution is 6.44. The van der Waals surface area contributed by atoms with Crippen LogP contribution >= 0.6 is 34.8 Å². The van der Waals surface area contributed by atoms with E-state index in [0.717, 1.165) is 0 Å². The van der Waals surface area contributed by atoms with Crippen LogP contribution in [0.5, 0.6) is 0 Å². The van der Waals surface area contributed by atoms with Gasteiger partial charge in [-0.1, -0.05) is 34.8 Å². The van der Waals surface area contributed by atoms with Crippen molar-refractivity contribution in [2.45, 2.75) is 0 Å². The van der Waals surface area contributed by atoms with Gasteiger partial charge in [-0.15, -0.1) is 0 Å². The number of rotatable bonds is 1. The number of anilines is 1. The zero-order valence-electron chi connectivity index (χ0n) is 8.43. The lowest BCUT2D eigenvalue weighted by Gasteiger charge is -2.07. The van der Waals surface area contributed by atoms with Crippen molar-refractivity contribution in [2.24, 2.45) is 0 Å². The Morgan fingerprint density at radius 3 is 2.29 bits per heavy atom. The van der Waals surface area contributed by atoms with Gasteiger partial charge in [0.25, 0.3) is 5.56 Å². The Bertz CT molecular complexity index is 637. The van der Waals surface area contributed by atoms with E-state index in [0.29, 0.717) is 26.2 Å². The van der Waals surface area contributed by atoms with Gasteiger partial charge >= 0.3 is 0 Å². The second-order valence-corrected chi connectivity index (χ2v) is 4.64. The number of aromatic nitrogens is 1. The molecular weight excluding hydrogens is 282 g/mol. The number of nitrogens with two attached hydrogens (primary N) is 1. The van der Waals surface area contributed by atoms with Crippen molar-refractivity contribution >= 4 is 40.5 Å². The third-order valence-corrected chi connectivity index (χ3v) is 3.29. The maximum atomic E-state index is 11.1. The highest BCUT2D eigenvalue weighted by atomic mass is 35.5. The fourth-order valence-corrected chi connectivity index (χ4v) is 2.06. The molecule has 0 aliphatic heterocycles. The summed E-state index contributed by atoms with van der Waals surface area (Å²) >= 11 is 17.8. The van der Waals surface area contributed by atoms with E-state index in [1.165, 1.54) is 12.3 Å². The molecule has 3 nitrogen and oxygen atoms in total. The van der Waals surface area contributed by atoms with Crippen LogP contribution < -0.4 is 11.3 Å². The molecule has 0 aliphatic rings. The quantitative estimate of drug-likeness (QED) is 0.788. The average Bonchev–Trinajstić information content (AvgIpc) is 2.27. The number of halogens is 3. The van der Waals surface area contributed by atoms with Gasteiger partial charge in [-0.3, -0.25) is 4.79 Å². The third kappa shape index (κ3) is 2.41. The molecule has 0 unspecified atom stereocenters. The predicted octanol–water partition coefficient (Wildman–Crippen LogP) is 3.58. The molecule has 0 atom stereocenters. The smallest absolute Gasteiger partial charge is 0.271 e. The van der Waals surface area contributed by atoms with Gasteiger partial charge < -0.3 is 10.7 Å². The average molecular weight is 290 g/mol. The van der Waals surface area contributed by atoms with Crippen molar-refractivity contribution in [3.63, 3.8) is 0 Å². The Kier molecular flexibility index (Phi) is 3.33. The largest absolute Gasteiger partial charge is 0.394 e. The van der Waals surface area contributed by atoms with Crippen molar-refractivity contribution in [3.05, 3.63) is 49.8 Å². The predicted molar refractivity (Wildman–Crippen MR) is 71.9 cm³/mol. The molecule has 0 fully saturated rings. The van der Waals surface area contributed by atoms with Gasteiger partial charge in [0, 0.05) is 17.3 Å². The Morgan fingerprint density at radius 1 is 1.00 bits per heavy atom. The minimum absolute atomic E-state index is 0.115. The van der Waals surface area contributed by atoms with Crippen LogP contribution in [0.4, 0.5) is 5.69 Å². The minimum atomic E-state index is -0.343. The molecule has 2 aromatic rings. The Morgan fingerprint density at radius 2 is 1.65 bits per heavy atom. The van der Waals surface area contributed by atoms with E-state index in [9.17, 15) is 4.79 Å². The topological polar surface area (TPSA) is 58.9 Å². The minimum Gasteiger partial charge on any atom is -0.394 e. The molecule has 0 radical (unpaired) electrons. The molecule has 6 heteroatoms. The molecule has 0 amide bonds. The summed E-state index contributed by atoms with van der Waals surface area (Å²) in [7, 11) is 0. The standard InChI is InChI=1S/C11H7Cl3N2O/c12-7-3-9(14)8(13)2-6(7)5-1-10(15)11(17)16-4-5/h1-4H,15H2,(H,16,17). The summed E-state index contributed by atoms with van der Waals surface area (Å²) in [6.07, 6.45) is 1.52. The van der Waals surface area contributed by atoms with Crippen molar-refractivity contribution < 1.29 is 0 Å². The van der Waals surface area contributed by atoms with Crippen LogP contribution in [0, 0.1) is 0 Å². The number of benzene rings is 1. The van der Waals surface area contributed by atoms with E-state index in [4.69, 9.17) is 40.5 Å². The fraction of sp³-hybridized carbons (Fsp3) is 0. The van der Waals surface area contributed by atoms with Crippen LogP contribution in [-0.2, 0) is 0 Å². The normalized spacial score (nSPS) is 10.5. The molecule has 0 bridgehead atoms. The first-order valence-corrected chi connectivity index (χ1v) is 5.75. The number of nitrogens with one attached hydrogen (secondary N) is 1. The van der Waals surface area contributed by atoms with Crippen molar-refractivity contribution in [1.29, 1.82) is 0 Å². The second kappa shape index (κ2) is 4.61. The maximum Gasteiger partial charge on any atom is 0.271 e. The number of pyridine rings is 1. The molecule has 88 valence electrons. The molecule has 1 heterocycles. The molecule has 2 rings (SSSR count). The highest BCUT2D eigenvalue weighted by Crippen LogP contribution is 2.34.